The summed E-state index contributed by atoms with van der Waals surface area (Å²) >= 11 is 0. The SMILES string of the molecule is C[C@@H](OC(=O)[C@H](C)N1C(=O)[C@@H]2[C@H]3C=C[C@H]([C@@H]4C[C@H]34)[C@@H]2C1=O)C(=O)c1ccccc1. The van der Waals surface area contributed by atoms with Gasteiger partial charge in [-0.15, -0.1) is 0 Å². The summed E-state index contributed by atoms with van der Waals surface area (Å²) in [6, 6.07) is 7.54. The number of ketones is 1. The zero-order valence-electron chi connectivity index (χ0n) is 16.4. The third kappa shape index (κ3) is 2.61. The van der Waals surface area contributed by atoms with Crippen molar-refractivity contribution in [1.82, 2.24) is 4.90 Å². The summed E-state index contributed by atoms with van der Waals surface area (Å²) in [6.07, 6.45) is 4.29. The zero-order chi connectivity index (χ0) is 20.4. The Labute approximate surface area is 168 Å². The van der Waals surface area contributed by atoms with Gasteiger partial charge in [0.25, 0.3) is 0 Å². The lowest BCUT2D eigenvalue weighted by Gasteiger charge is -2.37. The summed E-state index contributed by atoms with van der Waals surface area (Å²) < 4.78 is 5.34. The predicted molar refractivity (Wildman–Crippen MR) is 102 cm³/mol. The van der Waals surface area contributed by atoms with Gasteiger partial charge in [-0.2, -0.15) is 0 Å². The Kier molecular flexibility index (Phi) is 4.02. The van der Waals surface area contributed by atoms with Crippen LogP contribution in [0.1, 0.15) is 30.6 Å². The van der Waals surface area contributed by atoms with Crippen LogP contribution in [0.25, 0.3) is 0 Å². The van der Waals surface area contributed by atoms with Gasteiger partial charge in [-0.1, -0.05) is 42.5 Å². The third-order valence-electron chi connectivity index (χ3n) is 7.15. The molecule has 8 atom stereocenters. The average molecular weight is 393 g/mol. The summed E-state index contributed by atoms with van der Waals surface area (Å²) in [5.41, 5.74) is 0.446. The summed E-state index contributed by atoms with van der Waals surface area (Å²) in [7, 11) is 0. The van der Waals surface area contributed by atoms with Gasteiger partial charge < -0.3 is 4.74 Å². The van der Waals surface area contributed by atoms with E-state index in [4.69, 9.17) is 4.74 Å². The molecule has 4 aliphatic carbocycles. The van der Waals surface area contributed by atoms with Crippen LogP contribution < -0.4 is 0 Å². The normalized spacial score (nSPS) is 35.7. The van der Waals surface area contributed by atoms with E-state index >= 15 is 0 Å². The molecule has 0 N–H and O–H groups in total. The van der Waals surface area contributed by atoms with Crippen molar-refractivity contribution >= 4 is 23.6 Å². The molecule has 1 aliphatic heterocycles. The second kappa shape index (κ2) is 6.37. The number of likely N-dealkylation sites (tertiary alicyclic amines) is 1. The van der Waals surface area contributed by atoms with Gasteiger partial charge in [-0.3, -0.25) is 19.3 Å². The smallest absolute Gasteiger partial charge is 0.329 e. The molecular weight excluding hydrogens is 370 g/mol. The van der Waals surface area contributed by atoms with Crippen molar-refractivity contribution in [3.05, 3.63) is 48.0 Å². The lowest BCUT2D eigenvalue weighted by Crippen LogP contribution is -2.46. The van der Waals surface area contributed by atoms with Gasteiger partial charge in [0.05, 0.1) is 11.8 Å². The number of rotatable bonds is 5. The minimum Gasteiger partial charge on any atom is -0.453 e. The van der Waals surface area contributed by atoms with Crippen LogP contribution in [0.5, 0.6) is 0 Å². The fourth-order valence-corrected chi connectivity index (χ4v) is 5.63. The highest BCUT2D eigenvalue weighted by molar-refractivity contribution is 6.09. The van der Waals surface area contributed by atoms with E-state index in [9.17, 15) is 19.2 Å². The van der Waals surface area contributed by atoms with Crippen LogP contribution in [-0.4, -0.2) is 40.6 Å². The number of carbonyl (C=O) groups is 4. The topological polar surface area (TPSA) is 80.8 Å². The standard InChI is InChI=1S/C23H23NO5/c1-11(23(28)29-12(2)20(25)13-6-4-3-5-7-13)24-21(26)18-14-8-9-15(17-10-16(14)17)19(18)22(24)27/h3-9,11-12,14-19H,10H2,1-2H3/t11-,12+,14-,15+,16+,17-,18+,19-/m0/s1. The van der Waals surface area contributed by atoms with E-state index in [1.54, 1.807) is 30.3 Å². The van der Waals surface area contributed by atoms with Gasteiger partial charge in [0.15, 0.2) is 6.10 Å². The molecule has 0 unspecified atom stereocenters. The Bertz CT molecular complexity index is 902. The van der Waals surface area contributed by atoms with Gasteiger partial charge in [-0.05, 0) is 43.9 Å². The lowest BCUT2D eigenvalue weighted by molar-refractivity contribution is -0.160. The molecule has 6 heteroatoms. The molecular formula is C23H23NO5. The minimum absolute atomic E-state index is 0.109. The highest BCUT2D eigenvalue weighted by atomic mass is 16.5. The first-order chi connectivity index (χ1) is 13.9. The first-order valence-electron chi connectivity index (χ1n) is 10.2. The van der Waals surface area contributed by atoms with E-state index in [2.05, 4.69) is 12.2 Å². The first kappa shape index (κ1) is 18.3. The molecule has 0 radical (unpaired) electrons. The Morgan fingerprint density at radius 3 is 2.07 bits per heavy atom. The van der Waals surface area contributed by atoms with Crippen molar-refractivity contribution in [3.8, 4) is 0 Å². The molecule has 0 aromatic heterocycles. The summed E-state index contributed by atoms with van der Waals surface area (Å²) in [5, 5.41) is 0. The molecule has 5 aliphatic rings. The average Bonchev–Trinajstić information content (AvgIpc) is 3.51. The Balaban J connectivity index is 1.30. The van der Waals surface area contributed by atoms with Crippen molar-refractivity contribution in [2.45, 2.75) is 32.4 Å². The maximum Gasteiger partial charge on any atom is 0.329 e. The van der Waals surface area contributed by atoms with Crippen LogP contribution in [-0.2, 0) is 19.1 Å². The molecule has 6 rings (SSSR count). The van der Waals surface area contributed by atoms with Crippen LogP contribution in [0.3, 0.4) is 0 Å². The van der Waals surface area contributed by atoms with Gasteiger partial charge in [0.1, 0.15) is 6.04 Å². The second-order valence-corrected chi connectivity index (χ2v) is 8.69. The number of imide groups is 1. The third-order valence-corrected chi connectivity index (χ3v) is 7.15. The molecule has 150 valence electrons. The number of hydrogen-bond donors (Lipinski definition) is 0. The van der Waals surface area contributed by atoms with Crippen LogP contribution in [0.2, 0.25) is 0 Å². The fraction of sp³-hybridized carbons (Fsp3) is 0.478. The molecule has 2 bridgehead atoms. The molecule has 1 saturated heterocycles. The fourth-order valence-electron chi connectivity index (χ4n) is 5.63. The van der Waals surface area contributed by atoms with Gasteiger partial charge in [0.2, 0.25) is 17.6 Å². The number of benzene rings is 1. The largest absolute Gasteiger partial charge is 0.453 e. The molecule has 2 saturated carbocycles. The van der Waals surface area contributed by atoms with E-state index in [0.717, 1.165) is 11.3 Å². The highest BCUT2D eigenvalue weighted by Crippen LogP contribution is 2.65. The highest BCUT2D eigenvalue weighted by Gasteiger charge is 2.67. The van der Waals surface area contributed by atoms with Crippen molar-refractivity contribution in [3.63, 3.8) is 0 Å². The van der Waals surface area contributed by atoms with Crippen molar-refractivity contribution in [2.75, 3.05) is 0 Å². The van der Waals surface area contributed by atoms with Crippen LogP contribution in [0.15, 0.2) is 42.5 Å². The van der Waals surface area contributed by atoms with Crippen LogP contribution in [0, 0.1) is 35.5 Å². The quantitative estimate of drug-likeness (QED) is 0.332. The molecule has 1 aromatic carbocycles. The Morgan fingerprint density at radius 1 is 0.966 bits per heavy atom. The number of hydrogen-bond acceptors (Lipinski definition) is 5. The van der Waals surface area contributed by atoms with Crippen LogP contribution in [0.4, 0.5) is 0 Å². The number of ether oxygens (including phenoxy) is 1. The second-order valence-electron chi connectivity index (χ2n) is 8.69. The molecule has 2 amide bonds. The predicted octanol–water partition coefficient (Wildman–Crippen LogP) is 2.24. The molecule has 1 heterocycles. The van der Waals surface area contributed by atoms with Crippen molar-refractivity contribution in [2.24, 2.45) is 35.5 Å². The van der Waals surface area contributed by atoms with Gasteiger partial charge in [-0.25, -0.2) is 4.79 Å². The number of Topliss-reactive ketones (excluding diaryl/α,β-unsaturated/α-hetero) is 1. The van der Waals surface area contributed by atoms with Crippen molar-refractivity contribution in [1.29, 1.82) is 0 Å². The van der Waals surface area contributed by atoms with E-state index in [1.807, 2.05) is 0 Å². The number of esters is 1. The number of amides is 2. The summed E-state index contributed by atoms with van der Waals surface area (Å²) in [5.74, 6) is -1.04. The summed E-state index contributed by atoms with van der Waals surface area (Å²) in [4.78, 5) is 52.4. The maximum absolute atomic E-state index is 13.1. The maximum atomic E-state index is 13.1. The Morgan fingerprint density at radius 2 is 1.52 bits per heavy atom. The number of allylic oxidation sites excluding steroid dienone is 2. The molecule has 6 nitrogen and oxygen atoms in total. The van der Waals surface area contributed by atoms with Gasteiger partial charge in [0, 0.05) is 5.56 Å². The molecule has 29 heavy (non-hydrogen) atoms. The molecule has 3 fully saturated rings. The monoisotopic (exact) mass is 393 g/mol. The van der Waals surface area contributed by atoms with Gasteiger partial charge >= 0.3 is 5.97 Å². The van der Waals surface area contributed by atoms with Crippen LogP contribution >= 0.6 is 0 Å². The minimum atomic E-state index is -1.04. The van der Waals surface area contributed by atoms with E-state index < -0.39 is 18.1 Å². The van der Waals surface area contributed by atoms with E-state index in [0.29, 0.717) is 17.4 Å². The first-order valence-corrected chi connectivity index (χ1v) is 10.2. The summed E-state index contributed by atoms with van der Waals surface area (Å²) in [6.45, 7) is 3.01. The zero-order valence-corrected chi connectivity index (χ0v) is 16.4. The van der Waals surface area contributed by atoms with E-state index in [-0.39, 0.29) is 41.3 Å². The lowest BCUT2D eigenvalue weighted by atomic mass is 9.63. The molecule has 1 aromatic rings. The number of nitrogens with zero attached hydrogens (tertiary/aromatic N) is 1. The molecule has 0 spiro atoms. The number of carbonyl (C=O) groups excluding carboxylic acids is 4. The van der Waals surface area contributed by atoms with E-state index in [1.165, 1.54) is 13.8 Å². The van der Waals surface area contributed by atoms with Crippen molar-refractivity contribution < 1.29 is 23.9 Å². The Hall–Kier alpha value is -2.76.